The summed E-state index contributed by atoms with van der Waals surface area (Å²) in [5.41, 5.74) is -1.16. The Labute approximate surface area is 107 Å². The fraction of sp³-hybridized carbons (Fsp3) is 0.667. The highest BCUT2D eigenvalue weighted by atomic mass is 16.3. The van der Waals surface area contributed by atoms with Crippen LogP contribution < -0.4 is 10.6 Å². The molecule has 102 valence electrons. The minimum atomic E-state index is -1.16. The van der Waals surface area contributed by atoms with Crippen LogP contribution in [0.1, 0.15) is 26.1 Å². The van der Waals surface area contributed by atoms with Crippen molar-refractivity contribution in [1.82, 2.24) is 9.97 Å². The molecule has 0 saturated heterocycles. The van der Waals surface area contributed by atoms with Crippen LogP contribution in [0.25, 0.3) is 0 Å². The summed E-state index contributed by atoms with van der Waals surface area (Å²) >= 11 is 0. The summed E-state index contributed by atoms with van der Waals surface area (Å²) in [6.07, 6.45) is 1.02. The summed E-state index contributed by atoms with van der Waals surface area (Å²) in [7, 11) is 0. The third-order valence-electron chi connectivity index (χ3n) is 2.39. The van der Waals surface area contributed by atoms with E-state index in [0.29, 0.717) is 11.6 Å². The molecule has 1 heterocycles. The van der Waals surface area contributed by atoms with Crippen molar-refractivity contribution in [2.75, 3.05) is 30.3 Å². The van der Waals surface area contributed by atoms with Gasteiger partial charge in [-0.15, -0.1) is 0 Å². The van der Waals surface area contributed by atoms with Gasteiger partial charge in [-0.2, -0.15) is 0 Å². The lowest BCUT2D eigenvalue weighted by Gasteiger charge is -2.21. The van der Waals surface area contributed by atoms with Crippen LogP contribution in [0.4, 0.5) is 11.6 Å². The van der Waals surface area contributed by atoms with E-state index in [1.165, 1.54) is 0 Å². The molecule has 1 aromatic rings. The van der Waals surface area contributed by atoms with Crippen LogP contribution >= 0.6 is 0 Å². The molecule has 0 bridgehead atoms. The maximum Gasteiger partial charge on any atom is 0.131 e. The van der Waals surface area contributed by atoms with Crippen molar-refractivity contribution >= 4 is 11.6 Å². The van der Waals surface area contributed by atoms with Gasteiger partial charge in [0.05, 0.1) is 6.61 Å². The average Bonchev–Trinajstić information content (AvgIpc) is 2.33. The molecule has 1 rings (SSSR count). The number of nitrogens with zero attached hydrogens (tertiary/aromatic N) is 2. The second-order valence-electron chi connectivity index (χ2n) is 4.62. The number of nitrogens with one attached hydrogen (secondary N) is 2. The molecule has 6 nitrogen and oxygen atoms in total. The van der Waals surface area contributed by atoms with Crippen LogP contribution in [-0.2, 0) is 0 Å². The Morgan fingerprint density at radius 2 is 1.89 bits per heavy atom. The molecular weight excluding hydrogens is 232 g/mol. The van der Waals surface area contributed by atoms with Gasteiger partial charge >= 0.3 is 0 Å². The summed E-state index contributed by atoms with van der Waals surface area (Å²) in [4.78, 5) is 8.49. The molecular formula is C12H22N4O2. The second kappa shape index (κ2) is 6.51. The number of aryl methyl sites for hydroxylation is 1. The second-order valence-corrected chi connectivity index (χ2v) is 4.62. The van der Waals surface area contributed by atoms with Crippen molar-refractivity contribution in [1.29, 1.82) is 0 Å². The van der Waals surface area contributed by atoms with E-state index >= 15 is 0 Å². The first-order valence-electron chi connectivity index (χ1n) is 6.13. The topological polar surface area (TPSA) is 90.3 Å². The van der Waals surface area contributed by atoms with Gasteiger partial charge in [-0.05, 0) is 20.3 Å². The number of aliphatic hydroxyl groups is 2. The zero-order chi connectivity index (χ0) is 13.6. The normalized spacial score (nSPS) is 14.1. The predicted octanol–water partition coefficient (Wildman–Crippen LogP) is 0.762. The van der Waals surface area contributed by atoms with E-state index in [4.69, 9.17) is 5.11 Å². The van der Waals surface area contributed by atoms with Gasteiger partial charge in [-0.25, -0.2) is 9.97 Å². The molecule has 0 fully saturated rings. The maximum absolute atomic E-state index is 9.69. The van der Waals surface area contributed by atoms with E-state index in [9.17, 15) is 5.11 Å². The smallest absolute Gasteiger partial charge is 0.131 e. The van der Waals surface area contributed by atoms with Crippen LogP contribution in [0.15, 0.2) is 6.07 Å². The van der Waals surface area contributed by atoms with Gasteiger partial charge in [0.2, 0.25) is 0 Å². The third-order valence-corrected chi connectivity index (χ3v) is 2.39. The molecule has 1 aromatic heterocycles. The monoisotopic (exact) mass is 254 g/mol. The molecule has 0 radical (unpaired) electrons. The van der Waals surface area contributed by atoms with E-state index in [2.05, 4.69) is 27.5 Å². The van der Waals surface area contributed by atoms with Crippen LogP contribution in [0.2, 0.25) is 0 Å². The molecule has 18 heavy (non-hydrogen) atoms. The van der Waals surface area contributed by atoms with Gasteiger partial charge < -0.3 is 20.8 Å². The molecule has 1 unspecified atom stereocenters. The van der Waals surface area contributed by atoms with Gasteiger partial charge in [-0.3, -0.25) is 0 Å². The highest BCUT2D eigenvalue weighted by Gasteiger charge is 2.18. The Balaban J connectivity index is 2.68. The molecule has 0 amide bonds. The summed E-state index contributed by atoms with van der Waals surface area (Å²) in [6.45, 7) is 6.23. The van der Waals surface area contributed by atoms with Crippen molar-refractivity contribution in [2.45, 2.75) is 32.8 Å². The highest BCUT2D eigenvalue weighted by molar-refractivity contribution is 5.47. The molecule has 0 spiro atoms. The van der Waals surface area contributed by atoms with Crippen molar-refractivity contribution < 1.29 is 10.2 Å². The van der Waals surface area contributed by atoms with Crippen LogP contribution in [0.5, 0.6) is 0 Å². The van der Waals surface area contributed by atoms with Crippen LogP contribution in [-0.4, -0.2) is 45.5 Å². The van der Waals surface area contributed by atoms with Gasteiger partial charge in [0, 0.05) is 19.2 Å². The predicted molar refractivity (Wildman–Crippen MR) is 71.7 cm³/mol. The number of anilines is 2. The van der Waals surface area contributed by atoms with E-state index in [0.717, 1.165) is 18.8 Å². The molecule has 6 heteroatoms. The van der Waals surface area contributed by atoms with Gasteiger partial charge in [-0.1, -0.05) is 6.92 Å². The van der Waals surface area contributed by atoms with E-state index in [-0.39, 0.29) is 13.2 Å². The molecule has 0 aliphatic rings. The molecule has 4 N–H and O–H groups in total. The standard InChI is InChI=1S/C12H22N4O2/c1-4-5-13-10-6-11(16-9(2)15-10)14-7-12(3,18)8-17/h6,17-18H,4-5,7-8H2,1-3H3,(H2,13,14,15,16). The average molecular weight is 254 g/mol. The minimum Gasteiger partial charge on any atom is -0.393 e. The molecule has 1 atom stereocenters. The molecule has 0 aliphatic carbocycles. The van der Waals surface area contributed by atoms with Gasteiger partial charge in [0.25, 0.3) is 0 Å². The summed E-state index contributed by atoms with van der Waals surface area (Å²) in [5.74, 6) is 2.05. The van der Waals surface area contributed by atoms with Gasteiger partial charge in [0.15, 0.2) is 0 Å². The Morgan fingerprint density at radius 1 is 1.28 bits per heavy atom. The van der Waals surface area contributed by atoms with Crippen molar-refractivity contribution in [3.63, 3.8) is 0 Å². The first-order chi connectivity index (χ1) is 8.46. The SMILES string of the molecule is CCCNc1cc(NCC(C)(O)CO)nc(C)n1. The number of hydrogen-bond donors (Lipinski definition) is 4. The first-order valence-corrected chi connectivity index (χ1v) is 6.13. The fourth-order valence-corrected chi connectivity index (χ4v) is 1.34. The number of aromatic nitrogens is 2. The van der Waals surface area contributed by atoms with Crippen molar-refractivity contribution in [3.05, 3.63) is 11.9 Å². The number of aliphatic hydroxyl groups excluding tert-OH is 1. The molecule has 0 aliphatic heterocycles. The zero-order valence-electron chi connectivity index (χ0n) is 11.2. The lowest BCUT2D eigenvalue weighted by Crippen LogP contribution is -2.37. The quantitative estimate of drug-likeness (QED) is 0.574. The highest BCUT2D eigenvalue weighted by Crippen LogP contribution is 2.12. The Kier molecular flexibility index (Phi) is 5.30. The zero-order valence-corrected chi connectivity index (χ0v) is 11.2. The number of rotatable bonds is 7. The number of hydrogen-bond acceptors (Lipinski definition) is 6. The largest absolute Gasteiger partial charge is 0.393 e. The minimum absolute atomic E-state index is 0.229. The van der Waals surface area contributed by atoms with Crippen LogP contribution in [0, 0.1) is 6.92 Å². The maximum atomic E-state index is 9.69. The lowest BCUT2D eigenvalue weighted by molar-refractivity contribution is 0.0131. The lowest BCUT2D eigenvalue weighted by atomic mass is 10.1. The van der Waals surface area contributed by atoms with E-state index < -0.39 is 5.60 Å². The van der Waals surface area contributed by atoms with Crippen LogP contribution in [0.3, 0.4) is 0 Å². The first kappa shape index (κ1) is 14.7. The van der Waals surface area contributed by atoms with E-state index in [1.54, 1.807) is 13.0 Å². The molecule has 0 saturated carbocycles. The Bertz CT molecular complexity index is 382. The van der Waals surface area contributed by atoms with Crippen molar-refractivity contribution in [2.24, 2.45) is 0 Å². The van der Waals surface area contributed by atoms with Crippen molar-refractivity contribution in [3.8, 4) is 0 Å². The Hall–Kier alpha value is -1.40. The van der Waals surface area contributed by atoms with E-state index in [1.807, 2.05) is 6.92 Å². The summed E-state index contributed by atoms with van der Waals surface area (Å²) < 4.78 is 0. The van der Waals surface area contributed by atoms with Gasteiger partial charge in [0.1, 0.15) is 23.1 Å². The fourth-order valence-electron chi connectivity index (χ4n) is 1.34. The summed E-state index contributed by atoms with van der Waals surface area (Å²) in [6, 6.07) is 1.79. The Morgan fingerprint density at radius 3 is 2.44 bits per heavy atom. The molecule has 0 aromatic carbocycles. The summed E-state index contributed by atoms with van der Waals surface area (Å²) in [5, 5.41) is 24.8. The third kappa shape index (κ3) is 4.85.